The first-order valence-corrected chi connectivity index (χ1v) is 11.6. The summed E-state index contributed by atoms with van der Waals surface area (Å²) < 4.78 is 16.4. The van der Waals surface area contributed by atoms with Crippen LogP contribution in [0.15, 0.2) is 41.5 Å². The predicted octanol–water partition coefficient (Wildman–Crippen LogP) is 1.04. The van der Waals surface area contributed by atoms with Crippen LogP contribution in [0.2, 0.25) is 0 Å². The average Bonchev–Trinajstić information content (AvgIpc) is 2.76. The van der Waals surface area contributed by atoms with E-state index in [1.54, 1.807) is 58.0 Å². The van der Waals surface area contributed by atoms with E-state index in [1.807, 2.05) is 0 Å². The molecule has 2 aromatic rings. The lowest BCUT2D eigenvalue weighted by atomic mass is 9.83. The molecule has 0 bridgehead atoms. The maximum Gasteiger partial charge on any atom is 0.327 e. The van der Waals surface area contributed by atoms with Gasteiger partial charge in [-0.15, -0.1) is 9.93 Å². The van der Waals surface area contributed by atoms with Crippen molar-refractivity contribution in [2.75, 3.05) is 13.4 Å². The Hall–Kier alpha value is -3.02. The second-order valence-electron chi connectivity index (χ2n) is 8.16. The Kier molecular flexibility index (Phi) is 8.92. The van der Waals surface area contributed by atoms with Crippen LogP contribution < -0.4 is 20.5 Å². The number of rotatable bonds is 7. The third-order valence-electron chi connectivity index (χ3n) is 4.69. The third-order valence-corrected chi connectivity index (χ3v) is 5.06. The van der Waals surface area contributed by atoms with Crippen molar-refractivity contribution in [2.45, 2.75) is 33.2 Å². The van der Waals surface area contributed by atoms with E-state index in [2.05, 4.69) is 15.4 Å². The molecule has 33 heavy (non-hydrogen) atoms. The summed E-state index contributed by atoms with van der Waals surface area (Å²) in [5.74, 6) is -0.347. The van der Waals surface area contributed by atoms with Crippen LogP contribution >= 0.6 is 0 Å². The highest BCUT2D eigenvalue weighted by atomic mass is 32.2. The maximum atomic E-state index is 13.4. The lowest BCUT2D eigenvalue weighted by Gasteiger charge is -2.35. The van der Waals surface area contributed by atoms with Crippen LogP contribution in [0.4, 0.5) is 0 Å². The van der Waals surface area contributed by atoms with Gasteiger partial charge in [-0.2, -0.15) is 0 Å². The summed E-state index contributed by atoms with van der Waals surface area (Å²) in [6, 6.07) is 9.74. The van der Waals surface area contributed by atoms with Crippen LogP contribution in [0.25, 0.3) is 0 Å². The van der Waals surface area contributed by atoms with Gasteiger partial charge >= 0.3 is 7.48 Å². The van der Waals surface area contributed by atoms with Gasteiger partial charge in [0.25, 0.3) is 11.8 Å². The van der Waals surface area contributed by atoms with E-state index in [-0.39, 0.29) is 5.56 Å². The Labute approximate surface area is 197 Å². The van der Waals surface area contributed by atoms with Crippen LogP contribution in [0.3, 0.4) is 0 Å². The average molecular weight is 471 g/mol. The van der Waals surface area contributed by atoms with Crippen molar-refractivity contribution >= 4 is 42.3 Å². The van der Waals surface area contributed by atoms with E-state index in [4.69, 9.17) is 4.74 Å². The fourth-order valence-electron chi connectivity index (χ4n) is 3.00. The molecule has 1 atom stereocenters. The Bertz CT molecular complexity index is 1040. The summed E-state index contributed by atoms with van der Waals surface area (Å²) >= 11 is -1.33. The highest BCUT2D eigenvalue weighted by Crippen LogP contribution is 2.22. The highest BCUT2D eigenvalue weighted by Gasteiger charge is 2.30. The van der Waals surface area contributed by atoms with Crippen molar-refractivity contribution in [1.29, 1.82) is 0 Å². The van der Waals surface area contributed by atoms with Crippen molar-refractivity contribution in [3.63, 3.8) is 0 Å². The standard InChI is InChI=1S/C22H28BN4O5S/c1-14-17(8-7-9-19(14)32-5)20(28)25-27(22(2,3)4)21(29)15-10-11-16(18(12-15)23-30)13-24-26-33(6)31/h7-13,26,30H,1-6H3,(H,25,28)/b24-13-. The zero-order chi connectivity index (χ0) is 24.8. The van der Waals surface area contributed by atoms with Gasteiger partial charge in [0.15, 0.2) is 0 Å². The molecule has 2 aromatic carbocycles. The normalized spacial score (nSPS) is 12.2. The number of hydrogen-bond acceptors (Lipinski definition) is 7. The second-order valence-corrected chi connectivity index (χ2v) is 9.25. The number of carbonyl (C=O) groups excluding carboxylic acids is 2. The zero-order valence-corrected chi connectivity index (χ0v) is 20.3. The predicted molar refractivity (Wildman–Crippen MR) is 130 cm³/mol. The first-order valence-electron chi connectivity index (χ1n) is 10.0. The van der Waals surface area contributed by atoms with Gasteiger partial charge in [0.05, 0.1) is 30.2 Å². The minimum Gasteiger partial charge on any atom is -0.592 e. The van der Waals surface area contributed by atoms with Crippen LogP contribution in [0, 0.1) is 6.92 Å². The van der Waals surface area contributed by atoms with E-state index in [0.717, 1.165) is 7.48 Å². The molecule has 9 nitrogen and oxygen atoms in total. The summed E-state index contributed by atoms with van der Waals surface area (Å²) in [4.78, 5) is 28.8. The van der Waals surface area contributed by atoms with Crippen molar-refractivity contribution < 1.29 is 23.9 Å². The molecule has 2 amide bonds. The van der Waals surface area contributed by atoms with Gasteiger partial charge in [-0.3, -0.25) is 15.0 Å². The quantitative estimate of drug-likeness (QED) is 0.240. The molecule has 2 rings (SSSR count). The van der Waals surface area contributed by atoms with E-state index in [0.29, 0.717) is 27.9 Å². The van der Waals surface area contributed by atoms with E-state index in [9.17, 15) is 19.2 Å². The first kappa shape index (κ1) is 26.2. The van der Waals surface area contributed by atoms with Crippen LogP contribution in [-0.4, -0.2) is 59.0 Å². The Morgan fingerprint density at radius 2 is 1.97 bits per heavy atom. The van der Waals surface area contributed by atoms with Gasteiger partial charge in [0.1, 0.15) is 12.0 Å². The van der Waals surface area contributed by atoms with Crippen molar-refractivity contribution in [3.8, 4) is 5.75 Å². The summed E-state index contributed by atoms with van der Waals surface area (Å²) in [6.45, 7) is 7.14. The summed E-state index contributed by atoms with van der Waals surface area (Å²) in [7, 11) is 2.37. The second kappa shape index (κ2) is 11.2. The molecule has 3 N–H and O–H groups in total. The van der Waals surface area contributed by atoms with Crippen LogP contribution in [0.1, 0.15) is 52.6 Å². The van der Waals surface area contributed by atoms with Crippen LogP contribution in [0.5, 0.6) is 5.75 Å². The molecular formula is C22H28BN4O5S. The molecule has 0 aliphatic heterocycles. The number of hydrazone groups is 1. The van der Waals surface area contributed by atoms with Gasteiger partial charge < -0.3 is 14.3 Å². The number of nitrogens with zero attached hydrogens (tertiary/aromatic N) is 2. The Balaban J connectivity index is 2.35. The number of ether oxygens (including phenoxy) is 1. The number of benzene rings is 2. The van der Waals surface area contributed by atoms with Crippen molar-refractivity contribution in [2.24, 2.45) is 5.10 Å². The molecule has 0 heterocycles. The largest absolute Gasteiger partial charge is 0.592 e. The molecule has 0 aliphatic rings. The lowest BCUT2D eigenvalue weighted by molar-refractivity contribution is 0.0358. The molecule has 0 spiro atoms. The van der Waals surface area contributed by atoms with Crippen molar-refractivity contribution in [3.05, 3.63) is 58.7 Å². The van der Waals surface area contributed by atoms with Gasteiger partial charge in [0.2, 0.25) is 0 Å². The number of nitrogens with one attached hydrogen (secondary N) is 2. The monoisotopic (exact) mass is 471 g/mol. The molecule has 0 saturated carbocycles. The van der Waals surface area contributed by atoms with Crippen molar-refractivity contribution in [1.82, 2.24) is 15.3 Å². The summed E-state index contributed by atoms with van der Waals surface area (Å²) in [6.07, 6.45) is 2.81. The van der Waals surface area contributed by atoms with Gasteiger partial charge in [-0.1, -0.05) is 18.2 Å². The summed E-state index contributed by atoms with van der Waals surface area (Å²) in [5.41, 5.74) is 4.08. The minimum absolute atomic E-state index is 0.247. The van der Waals surface area contributed by atoms with Gasteiger partial charge in [-0.05, 0) is 56.9 Å². The topological polar surface area (TPSA) is 126 Å². The molecule has 1 unspecified atom stereocenters. The van der Waals surface area contributed by atoms with Crippen LogP contribution in [-0.2, 0) is 11.4 Å². The molecular weight excluding hydrogens is 443 g/mol. The zero-order valence-electron chi connectivity index (χ0n) is 19.5. The molecule has 175 valence electrons. The first-order chi connectivity index (χ1) is 15.5. The Morgan fingerprint density at radius 1 is 1.27 bits per heavy atom. The van der Waals surface area contributed by atoms with E-state index in [1.165, 1.54) is 30.7 Å². The fourth-order valence-corrected chi connectivity index (χ4v) is 3.20. The number of hydrogen-bond donors (Lipinski definition) is 3. The number of methoxy groups -OCH3 is 1. The molecule has 0 aliphatic carbocycles. The molecule has 0 saturated heterocycles. The SMILES string of the molecule is COc1cccc(C(=O)NN(C(=O)c2ccc(/C=N\N[S+](C)[O-])c([B]O)c2)C(C)(C)C)c1C. The third kappa shape index (κ3) is 6.73. The minimum atomic E-state index is -1.33. The molecule has 0 aromatic heterocycles. The van der Waals surface area contributed by atoms with Gasteiger partial charge in [-0.25, -0.2) is 5.01 Å². The van der Waals surface area contributed by atoms with Gasteiger partial charge in [0, 0.05) is 16.7 Å². The fraction of sp³-hybridized carbons (Fsp3) is 0.318. The molecule has 11 heteroatoms. The van der Waals surface area contributed by atoms with E-state index < -0.39 is 28.7 Å². The number of amides is 2. The molecule has 0 fully saturated rings. The summed E-state index contributed by atoms with van der Waals surface area (Å²) in [5, 5.41) is 14.7. The maximum absolute atomic E-state index is 13.4. The lowest BCUT2D eigenvalue weighted by Crippen LogP contribution is -2.56. The molecule has 1 radical (unpaired) electrons. The Morgan fingerprint density at radius 3 is 2.55 bits per heavy atom. The smallest absolute Gasteiger partial charge is 0.327 e. The number of hydrazine groups is 1. The van der Waals surface area contributed by atoms with E-state index >= 15 is 0 Å². The highest BCUT2D eigenvalue weighted by molar-refractivity contribution is 7.88. The number of carbonyl (C=O) groups is 2.